The first-order chi connectivity index (χ1) is 19.2. The number of alkyl halides is 3. The second-order valence-corrected chi connectivity index (χ2v) is 11.4. The second-order valence-electron chi connectivity index (χ2n) is 11.4. The first kappa shape index (κ1) is 28.4. The van der Waals surface area contributed by atoms with Gasteiger partial charge in [0.05, 0.1) is 17.4 Å². The Hall–Kier alpha value is -4.18. The smallest absolute Gasteiger partial charge is 0.416 e. The number of imide groups is 1. The average Bonchev–Trinajstić information content (AvgIpc) is 3.38. The summed E-state index contributed by atoms with van der Waals surface area (Å²) in [6.07, 6.45) is -4.59. The van der Waals surface area contributed by atoms with E-state index in [0.717, 1.165) is 17.0 Å². The maximum Gasteiger partial charge on any atom is 0.416 e. The van der Waals surface area contributed by atoms with Crippen molar-refractivity contribution in [2.45, 2.75) is 50.5 Å². The monoisotopic (exact) mass is 566 g/mol. The predicted octanol–water partition coefficient (Wildman–Crippen LogP) is 5.61. The number of ether oxygens (including phenoxy) is 1. The lowest BCUT2D eigenvalue weighted by atomic mass is 9.76. The van der Waals surface area contributed by atoms with E-state index in [0.29, 0.717) is 11.1 Å². The lowest BCUT2D eigenvalue weighted by Gasteiger charge is -2.35. The number of carbonyl (C=O) groups excluding carboxylic acids is 2. The number of hydrogen-bond acceptors (Lipinski definition) is 5. The molecule has 2 N–H and O–H groups in total. The van der Waals surface area contributed by atoms with Crippen molar-refractivity contribution in [3.05, 3.63) is 95.6 Å². The highest BCUT2D eigenvalue weighted by Gasteiger charge is 2.69. The molecular formula is C31H29F3N2O5. The largest absolute Gasteiger partial charge is 0.480 e. The minimum atomic E-state index is -4.54. The topological polar surface area (TPSA) is 95.9 Å². The van der Waals surface area contributed by atoms with Gasteiger partial charge in [0.1, 0.15) is 17.0 Å². The Balaban J connectivity index is 1.56. The molecule has 4 unspecified atom stereocenters. The van der Waals surface area contributed by atoms with Crippen LogP contribution in [0, 0.1) is 11.8 Å². The number of benzene rings is 3. The van der Waals surface area contributed by atoms with Crippen LogP contribution in [0.5, 0.6) is 11.5 Å². The Kier molecular flexibility index (Phi) is 6.93. The lowest BCUT2D eigenvalue weighted by Crippen LogP contribution is -2.58. The third kappa shape index (κ3) is 5.08. The SMILES string of the molecule is CC(C)(C)N1C(=O)C2C(c3cccc(Oc4cccc(C(F)(F)F)c4)c3)NC(Cc3ccccc3)(C(=O)O)C2C1=O. The Labute approximate surface area is 234 Å². The summed E-state index contributed by atoms with van der Waals surface area (Å²) in [5.41, 5.74) is -2.39. The first-order valence-corrected chi connectivity index (χ1v) is 13.1. The Morgan fingerprint density at radius 1 is 0.927 bits per heavy atom. The highest BCUT2D eigenvalue weighted by atomic mass is 19.4. The van der Waals surface area contributed by atoms with Gasteiger partial charge in [-0.2, -0.15) is 13.2 Å². The van der Waals surface area contributed by atoms with E-state index in [4.69, 9.17) is 4.74 Å². The molecule has 0 aliphatic carbocycles. The number of nitrogens with one attached hydrogen (secondary N) is 1. The standard InChI is InChI=1S/C31H29F3N2O5/c1-29(2,3)36-26(37)23-24(27(36)38)30(28(39)40,17-18-9-5-4-6-10-18)35-25(23)19-11-7-13-21(15-19)41-22-14-8-12-20(16-22)31(32,33)34/h4-16,23-25,35H,17H2,1-3H3,(H,39,40). The summed E-state index contributed by atoms with van der Waals surface area (Å²) in [5, 5.41) is 13.8. The van der Waals surface area contributed by atoms with Crippen LogP contribution in [0.4, 0.5) is 13.2 Å². The lowest BCUT2D eigenvalue weighted by molar-refractivity contribution is -0.153. The van der Waals surface area contributed by atoms with E-state index < -0.39 is 58.5 Å². The van der Waals surface area contributed by atoms with Gasteiger partial charge in [-0.3, -0.25) is 24.6 Å². The quantitative estimate of drug-likeness (QED) is 0.377. The number of likely N-dealkylation sites (tertiary alicyclic amines) is 1. The number of carbonyl (C=O) groups is 3. The molecule has 7 nitrogen and oxygen atoms in total. The molecule has 0 saturated carbocycles. The van der Waals surface area contributed by atoms with E-state index >= 15 is 0 Å². The maximum atomic E-state index is 13.8. The van der Waals surface area contributed by atoms with Crippen molar-refractivity contribution in [1.82, 2.24) is 10.2 Å². The minimum Gasteiger partial charge on any atom is -0.480 e. The van der Waals surface area contributed by atoms with Gasteiger partial charge in [-0.1, -0.05) is 48.5 Å². The molecule has 0 radical (unpaired) electrons. The van der Waals surface area contributed by atoms with Crippen LogP contribution in [0.15, 0.2) is 78.9 Å². The van der Waals surface area contributed by atoms with Crippen molar-refractivity contribution in [3.8, 4) is 11.5 Å². The molecule has 2 fully saturated rings. The van der Waals surface area contributed by atoms with Crippen LogP contribution in [0.1, 0.15) is 43.5 Å². The number of rotatable bonds is 6. The van der Waals surface area contributed by atoms with Crippen LogP contribution in [0.25, 0.3) is 0 Å². The molecule has 3 aromatic rings. The van der Waals surface area contributed by atoms with Crippen LogP contribution in [0.3, 0.4) is 0 Å². The maximum absolute atomic E-state index is 13.8. The van der Waals surface area contributed by atoms with Crippen molar-refractivity contribution in [2.75, 3.05) is 0 Å². The fourth-order valence-electron chi connectivity index (χ4n) is 5.95. The van der Waals surface area contributed by atoms with Gasteiger partial charge in [0, 0.05) is 18.0 Å². The molecule has 3 aromatic carbocycles. The highest BCUT2D eigenvalue weighted by Crippen LogP contribution is 2.51. The van der Waals surface area contributed by atoms with E-state index in [2.05, 4.69) is 5.32 Å². The summed E-state index contributed by atoms with van der Waals surface area (Å²) in [6.45, 7) is 5.15. The van der Waals surface area contributed by atoms with Gasteiger partial charge in [0.2, 0.25) is 11.8 Å². The number of amides is 2. The van der Waals surface area contributed by atoms with E-state index in [1.165, 1.54) is 12.1 Å². The molecule has 0 spiro atoms. The predicted molar refractivity (Wildman–Crippen MR) is 143 cm³/mol. The van der Waals surface area contributed by atoms with Crippen LogP contribution < -0.4 is 10.1 Å². The number of aliphatic carboxylic acids is 1. The Bertz CT molecular complexity index is 1500. The summed E-state index contributed by atoms with van der Waals surface area (Å²) in [4.78, 5) is 41.8. The molecule has 0 bridgehead atoms. The highest BCUT2D eigenvalue weighted by molar-refractivity contribution is 6.10. The van der Waals surface area contributed by atoms with E-state index in [-0.39, 0.29) is 17.9 Å². The van der Waals surface area contributed by atoms with Gasteiger partial charge in [0.15, 0.2) is 0 Å². The number of hydrogen-bond donors (Lipinski definition) is 2. The Morgan fingerprint density at radius 2 is 1.56 bits per heavy atom. The number of nitrogens with zero attached hydrogens (tertiary/aromatic N) is 1. The van der Waals surface area contributed by atoms with Crippen LogP contribution in [-0.2, 0) is 27.0 Å². The van der Waals surface area contributed by atoms with Crippen molar-refractivity contribution >= 4 is 17.8 Å². The normalized spacial score (nSPS) is 24.4. The molecule has 0 aromatic heterocycles. The number of carboxylic acid groups (broad SMARTS) is 1. The van der Waals surface area contributed by atoms with Gasteiger partial charge in [0.25, 0.3) is 0 Å². The molecule has 2 amide bonds. The molecule has 2 heterocycles. The third-order valence-corrected chi connectivity index (χ3v) is 7.65. The third-order valence-electron chi connectivity index (χ3n) is 7.65. The molecule has 2 aliphatic heterocycles. The first-order valence-electron chi connectivity index (χ1n) is 13.1. The van der Waals surface area contributed by atoms with Crippen molar-refractivity contribution < 1.29 is 37.4 Å². The summed E-state index contributed by atoms with van der Waals surface area (Å²) in [6, 6.07) is 18.8. The zero-order valence-corrected chi connectivity index (χ0v) is 22.6. The van der Waals surface area contributed by atoms with Crippen molar-refractivity contribution in [2.24, 2.45) is 11.8 Å². The molecule has 4 atom stereocenters. The molecule has 41 heavy (non-hydrogen) atoms. The van der Waals surface area contributed by atoms with E-state index in [9.17, 15) is 32.7 Å². The fraction of sp³-hybridized carbons (Fsp3) is 0.323. The summed E-state index contributed by atoms with van der Waals surface area (Å²) in [7, 11) is 0. The summed E-state index contributed by atoms with van der Waals surface area (Å²) in [5.74, 6) is -4.35. The van der Waals surface area contributed by atoms with Crippen LogP contribution in [-0.4, -0.2) is 38.9 Å². The zero-order chi connectivity index (χ0) is 29.7. The Morgan fingerprint density at radius 3 is 2.17 bits per heavy atom. The fourth-order valence-corrected chi connectivity index (χ4v) is 5.95. The minimum absolute atomic E-state index is 0.0378. The van der Waals surface area contributed by atoms with Crippen molar-refractivity contribution in [3.63, 3.8) is 0 Å². The summed E-state index contributed by atoms with van der Waals surface area (Å²) < 4.78 is 45.3. The van der Waals surface area contributed by atoms with Gasteiger partial charge in [-0.05, 0) is 62.2 Å². The molecular weight excluding hydrogens is 537 g/mol. The number of fused-ring (bicyclic) bond motifs is 1. The molecule has 214 valence electrons. The molecule has 5 rings (SSSR count). The van der Waals surface area contributed by atoms with Gasteiger partial charge >= 0.3 is 12.1 Å². The summed E-state index contributed by atoms with van der Waals surface area (Å²) >= 11 is 0. The van der Waals surface area contributed by atoms with E-state index in [1.54, 1.807) is 75.4 Å². The second kappa shape index (κ2) is 10.0. The van der Waals surface area contributed by atoms with Gasteiger partial charge in [-0.25, -0.2) is 0 Å². The van der Waals surface area contributed by atoms with Gasteiger partial charge in [-0.15, -0.1) is 0 Å². The van der Waals surface area contributed by atoms with Gasteiger partial charge < -0.3 is 9.84 Å². The van der Waals surface area contributed by atoms with Crippen LogP contribution in [0.2, 0.25) is 0 Å². The zero-order valence-electron chi connectivity index (χ0n) is 22.6. The molecule has 10 heteroatoms. The number of halogens is 3. The molecule has 2 aliphatic rings. The van der Waals surface area contributed by atoms with Crippen molar-refractivity contribution in [1.29, 1.82) is 0 Å². The number of carboxylic acids is 1. The average molecular weight is 567 g/mol. The van der Waals surface area contributed by atoms with E-state index in [1.807, 2.05) is 0 Å². The molecule has 2 saturated heterocycles. The van der Waals surface area contributed by atoms with Crippen LogP contribution >= 0.6 is 0 Å².